The highest BCUT2D eigenvalue weighted by atomic mass is 32.2. The summed E-state index contributed by atoms with van der Waals surface area (Å²) in [6, 6.07) is 18.8. The first kappa shape index (κ1) is 16.7. The number of hydrogen-bond donors (Lipinski definition) is 1. The molecule has 124 valence electrons. The predicted octanol–water partition coefficient (Wildman–Crippen LogP) is 1.87. The van der Waals surface area contributed by atoms with E-state index < -0.39 is 22.1 Å². The second kappa shape index (κ2) is 6.73. The Balaban J connectivity index is 1.89. The van der Waals surface area contributed by atoms with Gasteiger partial charge in [0.15, 0.2) is 0 Å². The van der Waals surface area contributed by atoms with E-state index in [1.807, 2.05) is 36.4 Å². The van der Waals surface area contributed by atoms with Crippen LogP contribution in [0.15, 0.2) is 60.7 Å². The molecule has 0 bridgehead atoms. The molecule has 0 spiro atoms. The van der Waals surface area contributed by atoms with Crippen molar-refractivity contribution in [3.8, 4) is 6.07 Å². The Labute approximate surface area is 141 Å². The summed E-state index contributed by atoms with van der Waals surface area (Å²) in [5.41, 5.74) is 1.53. The van der Waals surface area contributed by atoms with Gasteiger partial charge in [0.05, 0.1) is 24.5 Å². The Morgan fingerprint density at radius 1 is 1.04 bits per heavy atom. The number of sulfonamides is 1. The van der Waals surface area contributed by atoms with E-state index >= 15 is 0 Å². The molecule has 0 aromatic heterocycles. The van der Waals surface area contributed by atoms with E-state index in [0.29, 0.717) is 5.56 Å². The Bertz CT molecular complexity index is 832. The molecule has 2 aromatic carbocycles. The lowest BCUT2D eigenvalue weighted by Gasteiger charge is -2.50. The maximum absolute atomic E-state index is 12.8. The van der Waals surface area contributed by atoms with Gasteiger partial charge in [0.25, 0.3) is 0 Å². The summed E-state index contributed by atoms with van der Waals surface area (Å²) in [6.07, 6.45) is 0. The van der Waals surface area contributed by atoms with Crippen LogP contribution in [0.25, 0.3) is 0 Å². The van der Waals surface area contributed by atoms with Crippen LogP contribution < -0.4 is 0 Å². The summed E-state index contributed by atoms with van der Waals surface area (Å²) in [5, 5.41) is 19.2. The molecule has 1 saturated heterocycles. The third-order valence-electron chi connectivity index (χ3n) is 4.37. The molecule has 0 saturated carbocycles. The number of hydrogen-bond acceptors (Lipinski definition) is 4. The molecule has 0 radical (unpaired) electrons. The van der Waals surface area contributed by atoms with Crippen molar-refractivity contribution in [3.63, 3.8) is 0 Å². The lowest BCUT2D eigenvalue weighted by atomic mass is 9.78. The van der Waals surface area contributed by atoms with Gasteiger partial charge in [0.1, 0.15) is 6.04 Å². The maximum Gasteiger partial charge on any atom is 0.219 e. The van der Waals surface area contributed by atoms with Gasteiger partial charge < -0.3 is 5.11 Å². The van der Waals surface area contributed by atoms with Gasteiger partial charge >= 0.3 is 0 Å². The molecule has 5 nitrogen and oxygen atoms in total. The first-order chi connectivity index (χ1) is 11.6. The van der Waals surface area contributed by atoms with Gasteiger partial charge in [-0.3, -0.25) is 0 Å². The quantitative estimate of drug-likeness (QED) is 0.899. The van der Waals surface area contributed by atoms with Gasteiger partial charge in [-0.15, -0.1) is 0 Å². The Hall–Kier alpha value is -2.20. The van der Waals surface area contributed by atoms with E-state index in [4.69, 9.17) is 0 Å². The predicted molar refractivity (Wildman–Crippen MR) is 90.4 cm³/mol. The third kappa shape index (κ3) is 2.94. The van der Waals surface area contributed by atoms with Crippen LogP contribution in [0.2, 0.25) is 0 Å². The van der Waals surface area contributed by atoms with Crippen LogP contribution >= 0.6 is 0 Å². The minimum absolute atomic E-state index is 0.177. The van der Waals surface area contributed by atoms with E-state index in [9.17, 15) is 18.8 Å². The number of aliphatic hydroxyl groups excluding tert-OH is 1. The van der Waals surface area contributed by atoms with E-state index in [2.05, 4.69) is 6.07 Å². The number of benzene rings is 2. The Morgan fingerprint density at radius 2 is 1.62 bits per heavy atom. The minimum atomic E-state index is -3.69. The maximum atomic E-state index is 12.8. The topological polar surface area (TPSA) is 81.4 Å². The zero-order valence-electron chi connectivity index (χ0n) is 13.0. The van der Waals surface area contributed by atoms with E-state index in [-0.39, 0.29) is 18.3 Å². The molecule has 1 aliphatic rings. The van der Waals surface area contributed by atoms with Crippen molar-refractivity contribution in [1.82, 2.24) is 4.31 Å². The summed E-state index contributed by atoms with van der Waals surface area (Å²) in [5.74, 6) is -0.490. The molecule has 1 heterocycles. The van der Waals surface area contributed by atoms with Crippen LogP contribution in [-0.4, -0.2) is 36.5 Å². The van der Waals surface area contributed by atoms with Crippen LogP contribution in [0, 0.1) is 11.3 Å². The van der Waals surface area contributed by atoms with Gasteiger partial charge in [-0.2, -0.15) is 9.57 Å². The van der Waals surface area contributed by atoms with Gasteiger partial charge in [0.2, 0.25) is 10.0 Å². The molecule has 0 amide bonds. The molecule has 3 atom stereocenters. The van der Waals surface area contributed by atoms with Crippen molar-refractivity contribution in [2.45, 2.75) is 23.8 Å². The fourth-order valence-electron chi connectivity index (χ4n) is 3.28. The van der Waals surface area contributed by atoms with Crippen molar-refractivity contribution in [2.75, 3.05) is 6.61 Å². The summed E-state index contributed by atoms with van der Waals surface area (Å²) in [7, 11) is -3.69. The molecule has 6 heteroatoms. The van der Waals surface area contributed by atoms with Gasteiger partial charge in [-0.25, -0.2) is 8.42 Å². The Kier molecular flexibility index (Phi) is 4.67. The largest absolute Gasteiger partial charge is 0.395 e. The first-order valence-electron chi connectivity index (χ1n) is 7.69. The highest BCUT2D eigenvalue weighted by molar-refractivity contribution is 7.88. The van der Waals surface area contributed by atoms with Crippen LogP contribution in [0.3, 0.4) is 0 Å². The normalized spacial score (nSPS) is 24.1. The molecule has 0 aliphatic carbocycles. The van der Waals surface area contributed by atoms with Gasteiger partial charge in [0, 0.05) is 5.92 Å². The van der Waals surface area contributed by atoms with Crippen LogP contribution in [0.1, 0.15) is 17.0 Å². The number of rotatable bonds is 5. The molecule has 2 aromatic rings. The smallest absolute Gasteiger partial charge is 0.219 e. The van der Waals surface area contributed by atoms with Crippen LogP contribution in [-0.2, 0) is 15.8 Å². The van der Waals surface area contributed by atoms with Crippen LogP contribution in [0.4, 0.5) is 0 Å². The number of aliphatic hydroxyl groups is 1. The summed E-state index contributed by atoms with van der Waals surface area (Å²) in [4.78, 5) is 0. The average Bonchev–Trinajstić information content (AvgIpc) is 2.56. The van der Waals surface area contributed by atoms with E-state index in [1.165, 1.54) is 0 Å². The summed E-state index contributed by atoms with van der Waals surface area (Å²) >= 11 is 0. The molecular formula is C18H18N2O3S. The van der Waals surface area contributed by atoms with E-state index in [0.717, 1.165) is 9.87 Å². The first-order valence-corrected chi connectivity index (χ1v) is 9.30. The number of nitrogens with zero attached hydrogens (tertiary/aromatic N) is 2. The second-order valence-electron chi connectivity index (χ2n) is 5.83. The standard InChI is InChI=1S/C18H18N2O3S/c19-11-16-18(15-9-5-2-6-10-15)17(12-21)20(16)24(22,23)13-14-7-3-1-4-8-14/h1-10,16-18,21H,12-13H2/t16-,17-,18-/m1/s1. The lowest BCUT2D eigenvalue weighted by molar-refractivity contribution is 0.0555. The fourth-order valence-corrected chi connectivity index (χ4v) is 5.18. The molecule has 1 fully saturated rings. The molecule has 1 aliphatic heterocycles. The van der Waals surface area contributed by atoms with Crippen LogP contribution in [0.5, 0.6) is 0 Å². The SMILES string of the molecule is N#C[C@@H]1[C@@H](c2ccccc2)[C@@H](CO)N1S(=O)(=O)Cc1ccccc1. The minimum Gasteiger partial charge on any atom is -0.395 e. The second-order valence-corrected chi connectivity index (χ2v) is 7.71. The monoisotopic (exact) mass is 342 g/mol. The Morgan fingerprint density at radius 3 is 2.17 bits per heavy atom. The van der Waals surface area contributed by atoms with Crippen molar-refractivity contribution >= 4 is 10.0 Å². The van der Waals surface area contributed by atoms with E-state index in [1.54, 1.807) is 24.3 Å². The average molecular weight is 342 g/mol. The lowest BCUT2D eigenvalue weighted by Crippen LogP contribution is -2.65. The van der Waals surface area contributed by atoms with Gasteiger partial charge in [-0.05, 0) is 11.1 Å². The van der Waals surface area contributed by atoms with Crippen molar-refractivity contribution < 1.29 is 13.5 Å². The zero-order valence-corrected chi connectivity index (χ0v) is 13.8. The molecular weight excluding hydrogens is 324 g/mol. The van der Waals surface area contributed by atoms with Gasteiger partial charge in [-0.1, -0.05) is 60.7 Å². The molecule has 1 N–H and O–H groups in total. The van der Waals surface area contributed by atoms with Crippen molar-refractivity contribution in [1.29, 1.82) is 5.26 Å². The number of nitriles is 1. The summed E-state index contributed by atoms with van der Waals surface area (Å²) < 4.78 is 26.7. The van der Waals surface area contributed by atoms with Crippen molar-refractivity contribution in [2.24, 2.45) is 0 Å². The highest BCUT2D eigenvalue weighted by Gasteiger charge is 2.54. The van der Waals surface area contributed by atoms with Crippen molar-refractivity contribution in [3.05, 3.63) is 71.8 Å². The summed E-state index contributed by atoms with van der Waals surface area (Å²) in [6.45, 7) is -0.314. The fraction of sp³-hybridized carbons (Fsp3) is 0.278. The third-order valence-corrected chi connectivity index (χ3v) is 6.21. The molecule has 3 rings (SSSR count). The highest BCUT2D eigenvalue weighted by Crippen LogP contribution is 2.42. The zero-order chi connectivity index (χ0) is 17.2. The molecule has 24 heavy (non-hydrogen) atoms. The molecule has 0 unspecified atom stereocenters.